The third-order valence-corrected chi connectivity index (χ3v) is 10.2. The number of carbonyl (C=O) groups is 1. The summed E-state index contributed by atoms with van der Waals surface area (Å²) in [7, 11) is 0. The molecular formula is C40H28ClN5O2S. The van der Waals surface area contributed by atoms with Crippen LogP contribution < -0.4 is 10.1 Å². The molecule has 0 aliphatic carbocycles. The van der Waals surface area contributed by atoms with Gasteiger partial charge in [-0.2, -0.15) is 10.2 Å². The Morgan fingerprint density at radius 3 is 2.27 bits per heavy atom. The van der Waals surface area contributed by atoms with Gasteiger partial charge in [0.15, 0.2) is 0 Å². The molecular weight excluding hydrogens is 650 g/mol. The smallest absolute Gasteiger partial charge is 0.314 e. The number of ether oxygens (including phenoxy) is 1. The average molecular weight is 678 g/mol. The summed E-state index contributed by atoms with van der Waals surface area (Å²) in [6.45, 7) is 0. The summed E-state index contributed by atoms with van der Waals surface area (Å²) in [4.78, 5) is 13.9. The van der Waals surface area contributed by atoms with Gasteiger partial charge in [-0.3, -0.25) is 10.1 Å². The number of para-hydroxylation sites is 1. The number of hydrogen-bond donors (Lipinski definition) is 1. The van der Waals surface area contributed by atoms with E-state index < -0.39 is 5.85 Å². The van der Waals surface area contributed by atoms with E-state index in [9.17, 15) is 4.79 Å². The molecule has 1 fully saturated rings. The minimum absolute atomic E-state index is 0.129. The van der Waals surface area contributed by atoms with Crippen LogP contribution in [0.3, 0.4) is 0 Å². The second kappa shape index (κ2) is 11.8. The highest BCUT2D eigenvalue weighted by molar-refractivity contribution is 8.17. The highest BCUT2D eigenvalue weighted by Gasteiger charge is 2.58. The molecule has 7 nitrogen and oxygen atoms in total. The molecule has 49 heavy (non-hydrogen) atoms. The van der Waals surface area contributed by atoms with Crippen molar-refractivity contribution >= 4 is 40.4 Å². The fraction of sp³-hybridized carbons (Fsp3) is 0.0750. The van der Waals surface area contributed by atoms with Crippen LogP contribution in [-0.4, -0.2) is 31.6 Å². The van der Waals surface area contributed by atoms with Crippen LogP contribution in [0.1, 0.15) is 29.2 Å². The number of fused-ring (bicyclic) bond motifs is 4. The lowest BCUT2D eigenvalue weighted by Crippen LogP contribution is -2.61. The van der Waals surface area contributed by atoms with Crippen molar-refractivity contribution in [2.45, 2.75) is 18.3 Å². The van der Waals surface area contributed by atoms with Gasteiger partial charge >= 0.3 is 5.85 Å². The quantitative estimate of drug-likeness (QED) is 0.197. The molecule has 0 bridgehead atoms. The summed E-state index contributed by atoms with van der Waals surface area (Å²) in [6, 6.07) is 46.3. The number of halogens is 1. The maximum atomic E-state index is 13.2. The van der Waals surface area contributed by atoms with Crippen molar-refractivity contribution in [1.29, 1.82) is 0 Å². The third kappa shape index (κ3) is 5.21. The molecule has 4 heterocycles. The van der Waals surface area contributed by atoms with E-state index in [1.807, 2.05) is 107 Å². The fourth-order valence-corrected chi connectivity index (χ4v) is 7.72. The summed E-state index contributed by atoms with van der Waals surface area (Å²) < 4.78 is 8.70. The SMILES string of the molecule is O=C1NC2(Oc3ccccc3C3CC(c4ccc(Cl)cc4)=NN32)C(=Cc2ccc(-n3nc(-c4ccccc4)cc3-c3ccccc3)cc2)S1. The van der Waals surface area contributed by atoms with E-state index in [4.69, 9.17) is 26.5 Å². The Labute approximate surface area is 292 Å². The van der Waals surface area contributed by atoms with Gasteiger partial charge in [0.2, 0.25) is 0 Å². The fourth-order valence-electron chi connectivity index (χ4n) is 6.69. The first kappa shape index (κ1) is 29.6. The topological polar surface area (TPSA) is 71.8 Å². The van der Waals surface area contributed by atoms with E-state index in [0.717, 1.165) is 68.1 Å². The Morgan fingerprint density at radius 1 is 0.816 bits per heavy atom. The van der Waals surface area contributed by atoms with E-state index in [1.54, 1.807) is 0 Å². The van der Waals surface area contributed by atoms with Gasteiger partial charge in [-0.25, -0.2) is 9.69 Å². The zero-order valence-electron chi connectivity index (χ0n) is 26.0. The van der Waals surface area contributed by atoms with Gasteiger partial charge in [0.1, 0.15) is 5.75 Å². The first-order valence-corrected chi connectivity index (χ1v) is 17.2. The normalized spacial score (nSPS) is 20.1. The zero-order chi connectivity index (χ0) is 33.0. The summed E-state index contributed by atoms with van der Waals surface area (Å²) in [5.74, 6) is -0.567. The lowest BCUT2D eigenvalue weighted by Gasteiger charge is -2.45. The number of benzene rings is 5. The van der Waals surface area contributed by atoms with Crippen molar-refractivity contribution in [3.8, 4) is 34.0 Å². The summed E-state index contributed by atoms with van der Waals surface area (Å²) >= 11 is 7.32. The molecule has 1 saturated heterocycles. The molecule has 0 saturated carbocycles. The molecule has 9 rings (SSSR count). The van der Waals surface area contributed by atoms with Crippen LogP contribution >= 0.6 is 23.4 Å². The largest absolute Gasteiger partial charge is 0.444 e. The molecule has 5 aromatic carbocycles. The van der Waals surface area contributed by atoms with Gasteiger partial charge in [-0.15, -0.1) is 0 Å². The van der Waals surface area contributed by atoms with Gasteiger partial charge in [-0.05, 0) is 65.4 Å². The highest BCUT2D eigenvalue weighted by atomic mass is 35.5. The number of aromatic nitrogens is 2. The molecule has 1 amide bonds. The van der Waals surface area contributed by atoms with Crippen molar-refractivity contribution in [2.24, 2.45) is 5.10 Å². The molecule has 1 aromatic heterocycles. The Hall–Kier alpha value is -5.57. The molecule has 1 spiro atoms. The van der Waals surface area contributed by atoms with Gasteiger partial charge in [0, 0.05) is 28.1 Å². The number of carbonyl (C=O) groups excluding carboxylic acids is 1. The maximum absolute atomic E-state index is 13.2. The van der Waals surface area contributed by atoms with E-state index in [0.29, 0.717) is 16.3 Å². The Balaban J connectivity index is 1.10. The van der Waals surface area contributed by atoms with E-state index >= 15 is 0 Å². The zero-order valence-corrected chi connectivity index (χ0v) is 27.6. The van der Waals surface area contributed by atoms with Crippen LogP contribution in [-0.2, 0) is 0 Å². The lowest BCUT2D eigenvalue weighted by atomic mass is 9.95. The number of hydrogen-bond acceptors (Lipinski definition) is 6. The Bertz CT molecular complexity index is 2270. The van der Waals surface area contributed by atoms with Crippen molar-refractivity contribution in [3.05, 3.63) is 166 Å². The number of hydrazone groups is 1. The maximum Gasteiger partial charge on any atom is 0.314 e. The van der Waals surface area contributed by atoms with Crippen LogP contribution in [0.25, 0.3) is 34.3 Å². The van der Waals surface area contributed by atoms with Crippen molar-refractivity contribution in [2.75, 3.05) is 0 Å². The van der Waals surface area contributed by atoms with Gasteiger partial charge < -0.3 is 4.74 Å². The van der Waals surface area contributed by atoms with E-state index in [1.165, 1.54) is 0 Å². The van der Waals surface area contributed by atoms with Crippen LogP contribution in [0.15, 0.2) is 150 Å². The number of amides is 1. The molecule has 2 atom stereocenters. The standard InChI is InChI=1S/C40H28ClN5O2S/c41-30-19-17-28(18-20-30)34-25-36-32-13-7-8-14-37(32)48-40(46(36)44-34)38(49-39(47)42-40)23-26-15-21-31(22-16-26)45-35(29-11-5-2-6-12-29)24-33(43-45)27-9-3-1-4-10-27/h1-24,36H,25H2,(H,42,47). The predicted molar refractivity (Wildman–Crippen MR) is 196 cm³/mol. The number of rotatable bonds is 5. The second-order valence-corrected chi connectivity index (χ2v) is 13.5. The van der Waals surface area contributed by atoms with Gasteiger partial charge in [0.25, 0.3) is 5.24 Å². The molecule has 1 N–H and O–H groups in total. The van der Waals surface area contributed by atoms with Crippen molar-refractivity contribution in [1.82, 2.24) is 20.1 Å². The minimum atomic E-state index is -1.29. The number of nitrogens with zero attached hydrogens (tertiary/aromatic N) is 4. The molecule has 0 radical (unpaired) electrons. The molecule has 238 valence electrons. The molecule has 3 aliphatic rings. The predicted octanol–water partition coefficient (Wildman–Crippen LogP) is 9.55. The first-order chi connectivity index (χ1) is 24.0. The molecule has 9 heteroatoms. The number of thioether (sulfide) groups is 1. The minimum Gasteiger partial charge on any atom is -0.444 e. The first-order valence-electron chi connectivity index (χ1n) is 16.0. The number of nitrogens with one attached hydrogen (secondary N) is 1. The molecule has 2 unspecified atom stereocenters. The summed E-state index contributed by atoms with van der Waals surface area (Å²) in [6.07, 6.45) is 2.66. The average Bonchev–Trinajstić information content (AvgIpc) is 3.87. The summed E-state index contributed by atoms with van der Waals surface area (Å²) in [5, 5.41) is 15.6. The Kier molecular flexibility index (Phi) is 7.14. The van der Waals surface area contributed by atoms with Crippen LogP contribution in [0.5, 0.6) is 5.75 Å². The van der Waals surface area contributed by atoms with Crippen molar-refractivity contribution < 1.29 is 9.53 Å². The van der Waals surface area contributed by atoms with Crippen LogP contribution in [0.2, 0.25) is 5.02 Å². The Morgan fingerprint density at radius 2 is 1.51 bits per heavy atom. The van der Waals surface area contributed by atoms with Crippen LogP contribution in [0, 0.1) is 0 Å². The van der Waals surface area contributed by atoms with Crippen LogP contribution in [0.4, 0.5) is 4.79 Å². The molecule has 6 aromatic rings. The highest BCUT2D eigenvalue weighted by Crippen LogP contribution is 2.52. The van der Waals surface area contributed by atoms with Crippen molar-refractivity contribution in [3.63, 3.8) is 0 Å². The molecule has 3 aliphatic heterocycles. The lowest BCUT2D eigenvalue weighted by molar-refractivity contribution is -0.0949. The van der Waals surface area contributed by atoms with E-state index in [-0.39, 0.29) is 11.3 Å². The summed E-state index contributed by atoms with van der Waals surface area (Å²) in [5.41, 5.74) is 8.77. The van der Waals surface area contributed by atoms with Gasteiger partial charge in [-0.1, -0.05) is 115 Å². The van der Waals surface area contributed by atoms with E-state index in [2.05, 4.69) is 53.8 Å². The third-order valence-electron chi connectivity index (χ3n) is 9.04. The second-order valence-electron chi connectivity index (χ2n) is 12.1. The van der Waals surface area contributed by atoms with Gasteiger partial charge in [0.05, 0.1) is 33.7 Å². The monoisotopic (exact) mass is 677 g/mol.